The standard InChI is InChI=1S/C31H25NSi.C22H24Si.2C19H14/c1-33(25-12-4-2-5-13-25,26-14-6-3-7-15-26)27-22-20-24(21-23-27)32-30-18-10-8-16-28(30)29-17-9-11-19-31(29)32;1-17-5-11-20(12-6-17)23(4,21-13-7-18(2)8-14-21)22-15-9-19(3)10-16-22;1-13-7-6-12-18-16-9-3-2-8-14(16)15-10-4-5-11-17(15)19(13)18;1-13-10-11-18-16-8-3-2-6-14(16)15-7-4-5-9-17(15)19(18)12-13/h2-23H,1H3;5-16H,1-4H3;2*2-12H,1H3. The molecule has 1 heterocycles. The third-order valence-electron chi connectivity index (χ3n) is 19.7. The summed E-state index contributed by atoms with van der Waals surface area (Å²) in [6.45, 7) is 15.7. The van der Waals surface area contributed by atoms with Gasteiger partial charge in [0.15, 0.2) is 0 Å². The van der Waals surface area contributed by atoms with Crippen molar-refractivity contribution >= 4 is 134 Å². The van der Waals surface area contributed by atoms with Gasteiger partial charge in [-0.25, -0.2) is 0 Å². The summed E-state index contributed by atoms with van der Waals surface area (Å²) in [6.07, 6.45) is 0. The average molecular weight is 1240 g/mol. The van der Waals surface area contributed by atoms with Gasteiger partial charge >= 0.3 is 0 Å². The van der Waals surface area contributed by atoms with E-state index in [0.29, 0.717) is 0 Å². The fourth-order valence-corrected chi connectivity index (χ4v) is 21.6. The van der Waals surface area contributed by atoms with Crippen molar-refractivity contribution < 1.29 is 0 Å². The molecule has 0 saturated heterocycles. The van der Waals surface area contributed by atoms with Crippen LogP contribution in [-0.2, 0) is 0 Å². The van der Waals surface area contributed by atoms with Crippen LogP contribution in [-0.4, -0.2) is 20.7 Å². The second kappa shape index (κ2) is 26.1. The van der Waals surface area contributed by atoms with E-state index in [-0.39, 0.29) is 0 Å². The molecule has 0 radical (unpaired) electrons. The van der Waals surface area contributed by atoms with Gasteiger partial charge < -0.3 is 4.57 Å². The van der Waals surface area contributed by atoms with Crippen LogP contribution in [0.3, 0.4) is 0 Å². The Morgan fingerprint density at radius 1 is 0.202 bits per heavy atom. The van der Waals surface area contributed by atoms with E-state index in [0.717, 1.165) is 0 Å². The highest BCUT2D eigenvalue weighted by Crippen LogP contribution is 2.38. The predicted molar refractivity (Wildman–Crippen MR) is 416 cm³/mol. The van der Waals surface area contributed by atoms with Crippen LogP contribution in [0.1, 0.15) is 27.8 Å². The lowest BCUT2D eigenvalue weighted by Gasteiger charge is -2.30. The summed E-state index contributed by atoms with van der Waals surface area (Å²) in [6, 6.07) is 124. The summed E-state index contributed by atoms with van der Waals surface area (Å²) in [5.41, 5.74) is 10.3. The number of benzene rings is 16. The maximum Gasteiger partial charge on any atom is 0.145 e. The molecule has 1 aromatic heterocycles. The Labute approximate surface area is 555 Å². The fraction of sp³-hybridized carbons (Fsp3) is 0.0769. The Bertz CT molecular complexity index is 5190. The van der Waals surface area contributed by atoms with Gasteiger partial charge in [-0.05, 0) is 160 Å². The van der Waals surface area contributed by atoms with Crippen LogP contribution in [0.2, 0.25) is 13.1 Å². The van der Waals surface area contributed by atoms with Gasteiger partial charge in [-0.2, -0.15) is 0 Å². The molecule has 454 valence electrons. The zero-order chi connectivity index (χ0) is 64.3. The van der Waals surface area contributed by atoms with E-state index in [9.17, 15) is 0 Å². The molecule has 16 aromatic carbocycles. The van der Waals surface area contributed by atoms with Crippen molar-refractivity contribution in [3.8, 4) is 5.69 Å². The van der Waals surface area contributed by atoms with E-state index in [1.54, 1.807) is 0 Å². The van der Waals surface area contributed by atoms with Crippen LogP contribution in [0.5, 0.6) is 0 Å². The van der Waals surface area contributed by atoms with Crippen molar-refractivity contribution in [2.24, 2.45) is 0 Å². The van der Waals surface area contributed by atoms with E-state index in [1.807, 2.05) is 0 Å². The monoisotopic (exact) mass is 1240 g/mol. The minimum absolute atomic E-state index is 1.20. The highest BCUT2D eigenvalue weighted by molar-refractivity contribution is 7.11. The van der Waals surface area contributed by atoms with Crippen LogP contribution in [0, 0.1) is 34.6 Å². The Hall–Kier alpha value is -10.7. The van der Waals surface area contributed by atoms with Crippen LogP contribution in [0.4, 0.5) is 0 Å². The molecule has 1 nitrogen and oxygen atoms in total. The number of rotatable bonds is 7. The van der Waals surface area contributed by atoms with Crippen LogP contribution in [0.15, 0.2) is 340 Å². The lowest BCUT2D eigenvalue weighted by Crippen LogP contribution is -2.64. The number of fused-ring (bicyclic) bond motifs is 15. The number of hydrogen-bond donors (Lipinski definition) is 0. The first-order valence-corrected chi connectivity index (χ1v) is 38.0. The largest absolute Gasteiger partial charge is 0.309 e. The third kappa shape index (κ3) is 11.4. The molecule has 0 atom stereocenters. The Morgan fingerprint density at radius 2 is 0.468 bits per heavy atom. The molecular weight excluding hydrogens is 1160 g/mol. The Morgan fingerprint density at radius 3 is 0.851 bits per heavy atom. The van der Waals surface area contributed by atoms with Crippen LogP contribution < -0.4 is 31.1 Å². The van der Waals surface area contributed by atoms with E-state index >= 15 is 0 Å². The van der Waals surface area contributed by atoms with Crippen molar-refractivity contribution in [3.05, 3.63) is 368 Å². The zero-order valence-corrected chi connectivity index (χ0v) is 56.8. The van der Waals surface area contributed by atoms with Gasteiger partial charge in [-0.1, -0.05) is 351 Å². The lowest BCUT2D eigenvalue weighted by molar-refractivity contribution is 1.18. The first-order chi connectivity index (χ1) is 46.0. The van der Waals surface area contributed by atoms with Gasteiger partial charge in [0.25, 0.3) is 0 Å². The van der Waals surface area contributed by atoms with E-state index in [2.05, 4.69) is 392 Å². The quantitative estimate of drug-likeness (QED) is 0.0851. The summed E-state index contributed by atoms with van der Waals surface area (Å²) in [5.74, 6) is 0. The molecule has 17 rings (SSSR count). The summed E-state index contributed by atoms with van der Waals surface area (Å²) < 4.78 is 2.39. The summed E-state index contributed by atoms with van der Waals surface area (Å²) >= 11 is 0. The molecule has 0 aliphatic heterocycles. The Balaban J connectivity index is 0.000000111. The first kappa shape index (κ1) is 60.9. The van der Waals surface area contributed by atoms with E-state index < -0.39 is 16.1 Å². The predicted octanol–water partition coefficient (Wildman–Crippen LogP) is 20.5. The number of hydrogen-bond acceptors (Lipinski definition) is 0. The van der Waals surface area contributed by atoms with Gasteiger partial charge in [-0.3, -0.25) is 0 Å². The highest BCUT2D eigenvalue weighted by atomic mass is 28.3. The molecule has 17 aromatic rings. The highest BCUT2D eigenvalue weighted by Gasteiger charge is 2.35. The Kier molecular flexibility index (Phi) is 16.9. The average Bonchev–Trinajstić information content (AvgIpc) is 0.965. The zero-order valence-electron chi connectivity index (χ0n) is 54.8. The molecule has 0 spiro atoms. The molecule has 0 saturated carbocycles. The van der Waals surface area contributed by atoms with Gasteiger partial charge in [0, 0.05) is 16.5 Å². The summed E-state index contributed by atoms with van der Waals surface area (Å²) in [5, 5.41) is 27.5. The van der Waals surface area contributed by atoms with Gasteiger partial charge in [-0.15, -0.1) is 0 Å². The molecule has 0 amide bonds. The first-order valence-electron chi connectivity index (χ1n) is 33.0. The van der Waals surface area contributed by atoms with Gasteiger partial charge in [0.2, 0.25) is 0 Å². The molecule has 0 aliphatic carbocycles. The van der Waals surface area contributed by atoms with Crippen molar-refractivity contribution in [1.82, 2.24) is 4.57 Å². The maximum atomic E-state index is 2.47. The normalized spacial score (nSPS) is 11.6. The molecule has 3 heteroatoms. The number of aryl methyl sites for hydroxylation is 5. The fourth-order valence-electron chi connectivity index (χ4n) is 14.5. The third-order valence-corrected chi connectivity index (χ3v) is 28.7. The number of para-hydroxylation sites is 2. The number of nitrogens with zero attached hydrogens (tertiary/aromatic N) is 1. The van der Waals surface area contributed by atoms with Gasteiger partial charge in [0.05, 0.1) is 11.0 Å². The van der Waals surface area contributed by atoms with Crippen molar-refractivity contribution in [3.63, 3.8) is 0 Å². The molecule has 0 bridgehead atoms. The molecule has 0 N–H and O–H groups in total. The molecule has 0 unspecified atom stereocenters. The van der Waals surface area contributed by atoms with E-state index in [1.165, 1.54) is 151 Å². The van der Waals surface area contributed by atoms with Crippen LogP contribution in [0.25, 0.3) is 92.1 Å². The molecular formula is C91H77NSi2. The van der Waals surface area contributed by atoms with E-state index in [4.69, 9.17) is 0 Å². The van der Waals surface area contributed by atoms with Crippen molar-refractivity contribution in [1.29, 1.82) is 0 Å². The lowest BCUT2D eigenvalue weighted by atomic mass is 9.92. The van der Waals surface area contributed by atoms with Crippen molar-refractivity contribution in [2.45, 2.75) is 47.7 Å². The minimum atomic E-state index is -2.10. The smallest absolute Gasteiger partial charge is 0.145 e. The molecule has 0 fully saturated rings. The second-order valence-corrected chi connectivity index (χ2v) is 33.7. The van der Waals surface area contributed by atoms with Crippen LogP contribution >= 0.6 is 0 Å². The topological polar surface area (TPSA) is 4.93 Å². The SMILES string of the molecule is C[Si](c1ccccc1)(c1ccccc1)c1ccc(-n2c3ccccc3c3ccccc32)cc1.Cc1ccc([Si](C)(c2ccc(C)cc2)c2ccc(C)cc2)cc1.Cc1ccc2c3ccccc3c3ccccc3c2c1.Cc1cccc2c3ccccc3c3ccccc3c12. The summed E-state index contributed by atoms with van der Waals surface area (Å²) in [7, 11) is -4.05. The number of aromatic nitrogens is 1. The maximum absolute atomic E-state index is 2.47. The summed E-state index contributed by atoms with van der Waals surface area (Å²) in [4.78, 5) is 0. The minimum Gasteiger partial charge on any atom is -0.309 e. The van der Waals surface area contributed by atoms with Crippen molar-refractivity contribution in [2.75, 3.05) is 0 Å². The second-order valence-electron chi connectivity index (χ2n) is 25.7. The molecule has 0 aliphatic rings. The van der Waals surface area contributed by atoms with Gasteiger partial charge in [0.1, 0.15) is 16.1 Å². The molecule has 94 heavy (non-hydrogen) atoms.